The molecule has 1 rings (SSSR count). The highest BCUT2D eigenvalue weighted by Crippen LogP contribution is 2.20. The zero-order valence-electron chi connectivity index (χ0n) is 11.5. The van der Waals surface area contributed by atoms with Gasteiger partial charge in [-0.3, -0.25) is 0 Å². The third-order valence-electron chi connectivity index (χ3n) is 2.76. The average Bonchev–Trinajstić information content (AvgIpc) is 2.61. The normalized spacial score (nSPS) is 14.3. The van der Waals surface area contributed by atoms with Crippen molar-refractivity contribution in [1.29, 1.82) is 0 Å². The van der Waals surface area contributed by atoms with Crippen molar-refractivity contribution in [1.82, 2.24) is 10.1 Å². The van der Waals surface area contributed by atoms with Crippen LogP contribution in [0.25, 0.3) is 0 Å². The molecular weight excluding hydrogens is 216 g/mol. The molecule has 0 radical (unpaired) electrons. The minimum absolute atomic E-state index is 0.208. The average molecular weight is 240 g/mol. The van der Waals surface area contributed by atoms with Crippen molar-refractivity contribution in [3.05, 3.63) is 11.7 Å². The lowest BCUT2D eigenvalue weighted by atomic mass is 9.90. The van der Waals surface area contributed by atoms with Crippen LogP contribution in [0.15, 0.2) is 4.52 Å². The summed E-state index contributed by atoms with van der Waals surface area (Å²) in [6.07, 6.45) is 1.88. The molecule has 0 saturated carbocycles. The molecule has 0 aliphatic heterocycles. The zero-order valence-corrected chi connectivity index (χ0v) is 11.5. The summed E-state index contributed by atoms with van der Waals surface area (Å²) < 4.78 is 5.13. The number of aliphatic hydroxyl groups excluding tert-OH is 1. The van der Waals surface area contributed by atoms with E-state index >= 15 is 0 Å². The summed E-state index contributed by atoms with van der Waals surface area (Å²) in [4.78, 5) is 4.30. The fourth-order valence-corrected chi connectivity index (χ4v) is 1.38. The topological polar surface area (TPSA) is 59.2 Å². The van der Waals surface area contributed by atoms with Crippen molar-refractivity contribution in [2.75, 3.05) is 0 Å². The molecule has 1 atom stereocenters. The maximum absolute atomic E-state index is 9.72. The molecule has 1 unspecified atom stereocenters. The van der Waals surface area contributed by atoms with Crippen molar-refractivity contribution in [3.8, 4) is 0 Å². The smallest absolute Gasteiger partial charge is 0.229 e. The second-order valence-electron chi connectivity index (χ2n) is 6.18. The first kappa shape index (κ1) is 14.2. The first-order chi connectivity index (χ1) is 7.78. The number of rotatable bonds is 5. The molecule has 0 aliphatic rings. The van der Waals surface area contributed by atoms with Crippen molar-refractivity contribution in [3.63, 3.8) is 0 Å². The van der Waals surface area contributed by atoms with Crippen LogP contribution in [0.2, 0.25) is 0 Å². The van der Waals surface area contributed by atoms with Crippen LogP contribution in [0, 0.1) is 11.3 Å². The summed E-state index contributed by atoms with van der Waals surface area (Å²) in [5, 5.41) is 13.7. The van der Waals surface area contributed by atoms with Crippen molar-refractivity contribution in [2.24, 2.45) is 11.3 Å². The zero-order chi connectivity index (χ0) is 13.1. The van der Waals surface area contributed by atoms with Crippen LogP contribution in [0.1, 0.15) is 52.8 Å². The number of hydrogen-bond donors (Lipinski definition) is 1. The van der Waals surface area contributed by atoms with E-state index in [0.29, 0.717) is 12.3 Å². The Morgan fingerprint density at radius 3 is 2.47 bits per heavy atom. The first-order valence-corrected chi connectivity index (χ1v) is 6.27. The molecule has 0 aromatic carbocycles. The van der Waals surface area contributed by atoms with Gasteiger partial charge in [0.25, 0.3) is 0 Å². The van der Waals surface area contributed by atoms with Crippen LogP contribution in [-0.4, -0.2) is 21.4 Å². The quantitative estimate of drug-likeness (QED) is 0.859. The molecule has 0 amide bonds. The standard InChI is InChI=1S/C13H24N2O2/c1-9(2)10(16)8-12-14-11(15-17-12)6-7-13(3,4)5/h9-10,16H,6-8H2,1-5H3. The molecule has 1 aromatic heterocycles. The van der Waals surface area contributed by atoms with E-state index in [9.17, 15) is 5.11 Å². The van der Waals surface area contributed by atoms with Gasteiger partial charge in [-0.1, -0.05) is 39.8 Å². The highest BCUT2D eigenvalue weighted by Gasteiger charge is 2.16. The summed E-state index contributed by atoms with van der Waals surface area (Å²) >= 11 is 0. The van der Waals surface area contributed by atoms with E-state index in [2.05, 4.69) is 30.9 Å². The Morgan fingerprint density at radius 1 is 1.29 bits per heavy atom. The highest BCUT2D eigenvalue weighted by atomic mass is 16.5. The van der Waals surface area contributed by atoms with Crippen LogP contribution in [-0.2, 0) is 12.8 Å². The van der Waals surface area contributed by atoms with Gasteiger partial charge >= 0.3 is 0 Å². The van der Waals surface area contributed by atoms with Crippen LogP contribution in [0.5, 0.6) is 0 Å². The second kappa shape index (κ2) is 5.63. The fourth-order valence-electron chi connectivity index (χ4n) is 1.38. The van der Waals surface area contributed by atoms with Gasteiger partial charge in [0.05, 0.1) is 12.5 Å². The number of hydrogen-bond acceptors (Lipinski definition) is 4. The second-order valence-corrected chi connectivity index (χ2v) is 6.18. The molecule has 0 bridgehead atoms. The Morgan fingerprint density at radius 2 is 1.94 bits per heavy atom. The molecule has 98 valence electrons. The molecule has 1 N–H and O–H groups in total. The van der Waals surface area contributed by atoms with E-state index in [-0.39, 0.29) is 11.3 Å². The highest BCUT2D eigenvalue weighted by molar-refractivity contribution is 4.89. The van der Waals surface area contributed by atoms with Gasteiger partial charge in [0.2, 0.25) is 5.89 Å². The monoisotopic (exact) mass is 240 g/mol. The Hall–Kier alpha value is -0.900. The molecule has 0 fully saturated rings. The largest absolute Gasteiger partial charge is 0.392 e. The summed E-state index contributed by atoms with van der Waals surface area (Å²) in [6.45, 7) is 10.5. The summed E-state index contributed by atoms with van der Waals surface area (Å²) in [5.74, 6) is 1.49. The molecule has 4 heteroatoms. The SMILES string of the molecule is CC(C)C(O)Cc1nc(CCC(C)(C)C)no1. The number of nitrogens with zero attached hydrogens (tertiary/aromatic N) is 2. The molecule has 0 aliphatic carbocycles. The summed E-state index contributed by atoms with van der Waals surface area (Å²) in [7, 11) is 0. The van der Waals surface area contributed by atoms with Gasteiger partial charge in [-0.25, -0.2) is 0 Å². The van der Waals surface area contributed by atoms with Gasteiger partial charge in [-0.2, -0.15) is 4.98 Å². The Kier molecular flexibility index (Phi) is 4.69. The van der Waals surface area contributed by atoms with Crippen LogP contribution < -0.4 is 0 Å². The summed E-state index contributed by atoms with van der Waals surface area (Å²) in [6, 6.07) is 0. The minimum Gasteiger partial charge on any atom is -0.392 e. The van der Waals surface area contributed by atoms with Crippen LogP contribution in [0.4, 0.5) is 0 Å². The molecule has 1 heterocycles. The molecule has 0 saturated heterocycles. The minimum atomic E-state index is -0.411. The molecule has 4 nitrogen and oxygen atoms in total. The van der Waals surface area contributed by atoms with E-state index < -0.39 is 6.10 Å². The van der Waals surface area contributed by atoms with Gasteiger partial charge in [0, 0.05) is 6.42 Å². The third-order valence-corrected chi connectivity index (χ3v) is 2.76. The van der Waals surface area contributed by atoms with E-state index in [1.165, 1.54) is 0 Å². The van der Waals surface area contributed by atoms with Crippen molar-refractivity contribution >= 4 is 0 Å². The lowest BCUT2D eigenvalue weighted by Crippen LogP contribution is -2.17. The third kappa shape index (κ3) is 5.31. The number of aliphatic hydroxyl groups is 1. The fraction of sp³-hybridized carbons (Fsp3) is 0.846. The Balaban J connectivity index is 2.48. The van der Waals surface area contributed by atoms with E-state index in [4.69, 9.17) is 4.52 Å². The Labute approximate surface area is 103 Å². The predicted molar refractivity (Wildman–Crippen MR) is 66.6 cm³/mol. The lowest BCUT2D eigenvalue weighted by Gasteiger charge is -2.15. The predicted octanol–water partition coefficient (Wildman–Crippen LogP) is 2.61. The number of aryl methyl sites for hydroxylation is 1. The van der Waals surface area contributed by atoms with Crippen molar-refractivity contribution < 1.29 is 9.63 Å². The lowest BCUT2D eigenvalue weighted by molar-refractivity contribution is 0.116. The maximum Gasteiger partial charge on any atom is 0.229 e. The van der Waals surface area contributed by atoms with Crippen LogP contribution >= 0.6 is 0 Å². The maximum atomic E-state index is 9.72. The van der Waals surface area contributed by atoms with E-state index in [1.54, 1.807) is 0 Å². The van der Waals surface area contributed by atoms with Gasteiger partial charge in [0.15, 0.2) is 5.82 Å². The molecule has 1 aromatic rings. The summed E-state index contributed by atoms with van der Waals surface area (Å²) in [5.41, 5.74) is 0.276. The van der Waals surface area contributed by atoms with Crippen LogP contribution in [0.3, 0.4) is 0 Å². The number of aromatic nitrogens is 2. The molecule has 0 spiro atoms. The van der Waals surface area contributed by atoms with E-state index in [0.717, 1.165) is 18.7 Å². The Bertz CT molecular complexity index is 339. The molecule has 17 heavy (non-hydrogen) atoms. The van der Waals surface area contributed by atoms with Gasteiger partial charge < -0.3 is 9.63 Å². The van der Waals surface area contributed by atoms with Gasteiger partial charge in [-0.05, 0) is 17.8 Å². The van der Waals surface area contributed by atoms with E-state index in [1.807, 2.05) is 13.8 Å². The van der Waals surface area contributed by atoms with Crippen molar-refractivity contribution in [2.45, 2.75) is 60.0 Å². The van der Waals surface area contributed by atoms with Gasteiger partial charge in [0.1, 0.15) is 0 Å². The van der Waals surface area contributed by atoms with Gasteiger partial charge in [-0.15, -0.1) is 0 Å². The first-order valence-electron chi connectivity index (χ1n) is 6.27. The molecular formula is C13H24N2O2.